The van der Waals surface area contributed by atoms with Crippen molar-refractivity contribution < 1.29 is 0 Å². The predicted octanol–water partition coefficient (Wildman–Crippen LogP) is 2.26. The summed E-state index contributed by atoms with van der Waals surface area (Å²) in [5, 5.41) is 0. The first-order valence-electron chi connectivity index (χ1n) is 2.96. The molecule has 0 amide bonds. The Labute approximate surface area is 45.9 Å². The van der Waals surface area contributed by atoms with Gasteiger partial charge in [-0.25, -0.2) is 0 Å². The Morgan fingerprint density at radius 3 is 2.00 bits per heavy atom. The van der Waals surface area contributed by atoms with Gasteiger partial charge in [-0.05, 0) is 24.2 Å². The quantitative estimate of drug-likeness (QED) is 0.435. The molecule has 41 valence electrons. The molecule has 0 heterocycles. The molecule has 1 rings (SSSR count). The van der Waals surface area contributed by atoms with Gasteiger partial charge < -0.3 is 0 Å². The normalized spacial score (nSPS) is 29.6. The van der Waals surface area contributed by atoms with Crippen LogP contribution in [0.25, 0.3) is 0 Å². The van der Waals surface area contributed by atoms with Gasteiger partial charge in [0.2, 0.25) is 0 Å². The van der Waals surface area contributed by atoms with Crippen LogP contribution in [0.4, 0.5) is 0 Å². The van der Waals surface area contributed by atoms with E-state index in [2.05, 4.69) is 27.2 Å². The molecule has 0 saturated heterocycles. The fourth-order valence-corrected chi connectivity index (χ4v) is 1.57. The molecule has 0 aliphatic heterocycles. The second-order valence-electron chi connectivity index (χ2n) is 3.34. The van der Waals surface area contributed by atoms with Gasteiger partial charge in [0.05, 0.1) is 0 Å². The first-order valence-corrected chi connectivity index (χ1v) is 2.96. The molecule has 0 bridgehead atoms. The van der Waals surface area contributed by atoms with Gasteiger partial charge in [-0.15, -0.1) is 0 Å². The molecule has 0 aromatic heterocycles. The maximum absolute atomic E-state index is 2.41. The van der Waals surface area contributed by atoms with E-state index in [9.17, 15) is 0 Å². The lowest BCUT2D eigenvalue weighted by molar-refractivity contribution is 0.215. The van der Waals surface area contributed by atoms with Crippen LogP contribution in [-0.2, 0) is 0 Å². The van der Waals surface area contributed by atoms with E-state index >= 15 is 0 Å². The van der Waals surface area contributed by atoms with Crippen molar-refractivity contribution in [3.63, 3.8) is 0 Å². The predicted molar refractivity (Wildman–Crippen MR) is 31.9 cm³/mol. The summed E-state index contributed by atoms with van der Waals surface area (Å²) < 4.78 is 0. The Bertz CT molecular complexity index is 64.1. The molecule has 0 spiro atoms. The van der Waals surface area contributed by atoms with Gasteiger partial charge in [0, 0.05) is 0 Å². The van der Waals surface area contributed by atoms with Crippen LogP contribution in [0.1, 0.15) is 27.2 Å². The van der Waals surface area contributed by atoms with Crippen LogP contribution in [0, 0.1) is 17.8 Å². The highest BCUT2D eigenvalue weighted by atomic mass is 14.4. The van der Waals surface area contributed by atoms with Crippen molar-refractivity contribution >= 4 is 0 Å². The Balaban J connectivity index is 2.29. The van der Waals surface area contributed by atoms with Gasteiger partial charge in [0.1, 0.15) is 0 Å². The smallest absolute Gasteiger partial charge is 0.0301 e. The van der Waals surface area contributed by atoms with Crippen LogP contribution in [0.5, 0.6) is 0 Å². The summed E-state index contributed by atoms with van der Waals surface area (Å²) in [6, 6.07) is 0. The van der Waals surface area contributed by atoms with E-state index in [1.807, 2.05) is 0 Å². The fourth-order valence-electron chi connectivity index (χ4n) is 1.57. The third-order valence-electron chi connectivity index (χ3n) is 1.58. The van der Waals surface area contributed by atoms with E-state index in [1.54, 1.807) is 0 Å². The van der Waals surface area contributed by atoms with E-state index < -0.39 is 0 Å². The topological polar surface area (TPSA) is 0 Å². The van der Waals surface area contributed by atoms with E-state index in [-0.39, 0.29) is 0 Å². The Morgan fingerprint density at radius 2 is 2.00 bits per heavy atom. The first-order chi connectivity index (χ1) is 3.10. The van der Waals surface area contributed by atoms with Crippen LogP contribution in [0.15, 0.2) is 0 Å². The highest BCUT2D eigenvalue weighted by molar-refractivity contribution is 5.00. The summed E-state index contributed by atoms with van der Waals surface area (Å²) in [4.78, 5) is 0. The molecule has 1 fully saturated rings. The van der Waals surface area contributed by atoms with Crippen LogP contribution in [0.3, 0.4) is 0 Å². The molecule has 1 unspecified atom stereocenters. The van der Waals surface area contributed by atoms with Crippen LogP contribution < -0.4 is 0 Å². The lowest BCUT2D eigenvalue weighted by atomic mass is 9.65. The summed E-state index contributed by atoms with van der Waals surface area (Å²) in [6.45, 7) is 6.84. The van der Waals surface area contributed by atoms with Gasteiger partial charge >= 0.3 is 0 Å². The summed E-state index contributed by atoms with van der Waals surface area (Å²) in [7, 11) is 0. The maximum atomic E-state index is 2.41. The molecule has 1 saturated carbocycles. The summed E-state index contributed by atoms with van der Waals surface area (Å²) >= 11 is 0. The maximum Gasteiger partial charge on any atom is -0.0301 e. The second kappa shape index (κ2) is 1.24. The standard InChI is InChI=1S/C7H13/c1-6-4-7(2,3)5-6/h4,6H,5H2,1-3H3. The molecule has 1 aliphatic rings. The van der Waals surface area contributed by atoms with Crippen molar-refractivity contribution in [2.24, 2.45) is 11.3 Å². The second-order valence-corrected chi connectivity index (χ2v) is 3.34. The highest BCUT2D eigenvalue weighted by Crippen LogP contribution is 2.42. The molecule has 1 radical (unpaired) electrons. The number of rotatable bonds is 0. The van der Waals surface area contributed by atoms with Gasteiger partial charge in [-0.1, -0.05) is 20.8 Å². The molecular weight excluding hydrogens is 84.1 g/mol. The summed E-state index contributed by atoms with van der Waals surface area (Å²) in [5.41, 5.74) is 0.569. The largest absolute Gasteiger partial charge is 0.0622 e. The van der Waals surface area contributed by atoms with Gasteiger partial charge in [0.15, 0.2) is 0 Å². The lowest BCUT2D eigenvalue weighted by Crippen LogP contribution is -2.30. The third-order valence-corrected chi connectivity index (χ3v) is 1.58. The Hall–Kier alpha value is 0. The zero-order valence-corrected chi connectivity index (χ0v) is 5.36. The Morgan fingerprint density at radius 1 is 1.57 bits per heavy atom. The van der Waals surface area contributed by atoms with Crippen LogP contribution in [0.2, 0.25) is 0 Å². The fraction of sp³-hybridized carbons (Fsp3) is 0.857. The molecule has 0 aromatic rings. The molecule has 0 N–H and O–H groups in total. The van der Waals surface area contributed by atoms with Crippen molar-refractivity contribution in [3.05, 3.63) is 6.42 Å². The van der Waals surface area contributed by atoms with Gasteiger partial charge in [-0.3, -0.25) is 0 Å². The average molecular weight is 97.2 g/mol. The Kier molecular flexibility index (Phi) is 0.911. The molecule has 7 heavy (non-hydrogen) atoms. The van der Waals surface area contributed by atoms with E-state index in [1.165, 1.54) is 6.42 Å². The monoisotopic (exact) mass is 97.1 g/mol. The number of hydrogen-bond donors (Lipinski definition) is 0. The minimum atomic E-state index is 0.569. The third kappa shape index (κ3) is 0.960. The minimum Gasteiger partial charge on any atom is -0.0622 e. The zero-order valence-electron chi connectivity index (χ0n) is 5.36. The lowest BCUT2D eigenvalue weighted by Gasteiger charge is -2.40. The van der Waals surface area contributed by atoms with Crippen LogP contribution >= 0.6 is 0 Å². The average Bonchev–Trinajstić information content (AvgIpc) is 1.27. The molecule has 0 aromatic carbocycles. The highest BCUT2D eigenvalue weighted by Gasteiger charge is 2.32. The van der Waals surface area contributed by atoms with Crippen LogP contribution in [-0.4, -0.2) is 0 Å². The van der Waals surface area contributed by atoms with E-state index in [0.717, 1.165) is 5.92 Å². The van der Waals surface area contributed by atoms with E-state index in [4.69, 9.17) is 0 Å². The summed E-state index contributed by atoms with van der Waals surface area (Å²) in [6.07, 6.45) is 3.79. The van der Waals surface area contributed by atoms with Gasteiger partial charge in [0.25, 0.3) is 0 Å². The SMILES string of the molecule is CC1[CH]C(C)(C)C1. The first kappa shape index (κ1) is 5.14. The van der Waals surface area contributed by atoms with E-state index in [0.29, 0.717) is 5.41 Å². The molecule has 1 aliphatic carbocycles. The zero-order chi connectivity index (χ0) is 5.49. The minimum absolute atomic E-state index is 0.569. The van der Waals surface area contributed by atoms with Crippen molar-refractivity contribution in [3.8, 4) is 0 Å². The molecule has 1 atom stereocenters. The van der Waals surface area contributed by atoms with Gasteiger partial charge in [-0.2, -0.15) is 0 Å². The molecule has 0 heteroatoms. The van der Waals surface area contributed by atoms with Crippen molar-refractivity contribution in [2.45, 2.75) is 27.2 Å². The van der Waals surface area contributed by atoms with Crippen molar-refractivity contribution in [1.82, 2.24) is 0 Å². The van der Waals surface area contributed by atoms with Crippen molar-refractivity contribution in [2.75, 3.05) is 0 Å². The van der Waals surface area contributed by atoms with Crippen molar-refractivity contribution in [1.29, 1.82) is 0 Å². The molecular formula is C7H13. The summed E-state index contributed by atoms with van der Waals surface area (Å²) in [5.74, 6) is 0.884. The molecule has 0 nitrogen and oxygen atoms in total. The number of hydrogen-bond acceptors (Lipinski definition) is 0.